The van der Waals surface area contributed by atoms with Gasteiger partial charge in [-0.15, -0.1) is 0 Å². The van der Waals surface area contributed by atoms with Crippen LogP contribution in [-0.2, 0) is 14.9 Å². The second-order valence-corrected chi connectivity index (χ2v) is 3.92. The zero-order chi connectivity index (χ0) is 11.4. The average molecular weight is 220 g/mol. The minimum atomic E-state index is -0.200. The van der Waals surface area contributed by atoms with E-state index >= 15 is 0 Å². The van der Waals surface area contributed by atoms with Crippen molar-refractivity contribution in [1.29, 1.82) is 0 Å². The number of hydrogen-bond acceptors (Lipinski definition) is 3. The van der Waals surface area contributed by atoms with Crippen molar-refractivity contribution in [2.75, 3.05) is 27.1 Å². The molecule has 1 aliphatic rings. The minimum absolute atomic E-state index is 0.0885. The number of aliphatic hydroxyl groups excluding tert-OH is 1. The molecule has 0 saturated carbocycles. The highest BCUT2D eigenvalue weighted by Crippen LogP contribution is 2.46. The molecule has 0 saturated heterocycles. The third-order valence-corrected chi connectivity index (χ3v) is 2.90. The van der Waals surface area contributed by atoms with Gasteiger partial charge in [0.25, 0.3) is 0 Å². The molecular weight excluding hydrogens is 204 g/mol. The third kappa shape index (κ3) is 2.02. The number of rotatable bonds is 6. The van der Waals surface area contributed by atoms with Crippen LogP contribution in [0, 0.1) is 0 Å². The second-order valence-electron chi connectivity index (χ2n) is 3.92. The van der Waals surface area contributed by atoms with Gasteiger partial charge in [0.2, 0.25) is 0 Å². The van der Waals surface area contributed by atoms with Crippen molar-refractivity contribution >= 4 is 0 Å². The van der Waals surface area contributed by atoms with Crippen LogP contribution in [0.2, 0.25) is 0 Å². The lowest BCUT2D eigenvalue weighted by molar-refractivity contribution is -0.0371. The summed E-state index contributed by atoms with van der Waals surface area (Å²) in [6, 6.07) is 10.1. The van der Waals surface area contributed by atoms with Crippen LogP contribution in [0.15, 0.2) is 42.0 Å². The van der Waals surface area contributed by atoms with Gasteiger partial charge in [0, 0.05) is 7.11 Å². The second kappa shape index (κ2) is 4.78. The Bertz CT molecular complexity index is 372. The van der Waals surface area contributed by atoms with Gasteiger partial charge in [-0.05, 0) is 11.1 Å². The molecule has 0 fully saturated rings. The van der Waals surface area contributed by atoms with Crippen molar-refractivity contribution in [1.82, 2.24) is 0 Å². The van der Waals surface area contributed by atoms with Gasteiger partial charge in [-0.1, -0.05) is 36.4 Å². The van der Waals surface area contributed by atoms with Gasteiger partial charge < -0.3 is 14.6 Å². The van der Waals surface area contributed by atoms with E-state index in [2.05, 4.69) is 18.2 Å². The molecule has 0 amide bonds. The van der Waals surface area contributed by atoms with Crippen molar-refractivity contribution in [3.8, 4) is 0 Å². The van der Waals surface area contributed by atoms with Gasteiger partial charge in [-0.3, -0.25) is 0 Å². The van der Waals surface area contributed by atoms with Gasteiger partial charge in [-0.2, -0.15) is 0 Å². The number of hydrogen-bond donors (Lipinski definition) is 1. The Labute approximate surface area is 95.3 Å². The topological polar surface area (TPSA) is 38.7 Å². The van der Waals surface area contributed by atoms with Crippen LogP contribution in [-0.4, -0.2) is 32.2 Å². The van der Waals surface area contributed by atoms with Gasteiger partial charge in [0.05, 0.1) is 18.6 Å². The van der Waals surface area contributed by atoms with Crippen LogP contribution in [0.1, 0.15) is 5.56 Å². The van der Waals surface area contributed by atoms with Crippen molar-refractivity contribution in [2.24, 2.45) is 0 Å². The first kappa shape index (κ1) is 11.3. The third-order valence-electron chi connectivity index (χ3n) is 2.90. The average Bonchev–Trinajstić information content (AvgIpc) is 3.06. The van der Waals surface area contributed by atoms with Gasteiger partial charge >= 0.3 is 0 Å². The number of aliphatic hydroxyl groups is 1. The van der Waals surface area contributed by atoms with E-state index in [1.54, 1.807) is 7.11 Å². The predicted octanol–water partition coefficient (Wildman–Crippen LogP) is 1.48. The Hall–Kier alpha value is -1.16. The fourth-order valence-electron chi connectivity index (χ4n) is 1.96. The Kier molecular flexibility index (Phi) is 3.39. The number of benzene rings is 1. The highest BCUT2D eigenvalue weighted by atomic mass is 16.7. The van der Waals surface area contributed by atoms with E-state index in [4.69, 9.17) is 9.47 Å². The maximum atomic E-state index is 9.20. The van der Waals surface area contributed by atoms with Crippen LogP contribution >= 0.6 is 0 Å². The fourth-order valence-corrected chi connectivity index (χ4v) is 1.96. The van der Waals surface area contributed by atoms with Crippen molar-refractivity contribution in [3.63, 3.8) is 0 Å². The van der Waals surface area contributed by atoms with Gasteiger partial charge in [-0.25, -0.2) is 0 Å². The molecule has 2 rings (SSSR count). The van der Waals surface area contributed by atoms with Gasteiger partial charge in [0.15, 0.2) is 0 Å². The molecule has 1 atom stereocenters. The quantitative estimate of drug-likeness (QED) is 0.448. The lowest BCUT2D eigenvalue weighted by atomic mass is 9.91. The van der Waals surface area contributed by atoms with Crippen LogP contribution in [0.25, 0.3) is 0 Å². The molecule has 3 heteroatoms. The summed E-state index contributed by atoms with van der Waals surface area (Å²) in [5.41, 5.74) is 1.99. The molecule has 86 valence electrons. The summed E-state index contributed by atoms with van der Waals surface area (Å²) in [6.07, 6.45) is 2.05. The smallest absolute Gasteiger partial charge is 0.146 e. The first-order chi connectivity index (χ1) is 7.83. The normalized spacial score (nSPS) is 23.0. The van der Waals surface area contributed by atoms with Crippen LogP contribution in [0.5, 0.6) is 0 Å². The highest BCUT2D eigenvalue weighted by Gasteiger charge is 2.45. The molecular formula is C13H16O3. The lowest BCUT2D eigenvalue weighted by Gasteiger charge is -2.18. The zero-order valence-corrected chi connectivity index (χ0v) is 9.35. The van der Waals surface area contributed by atoms with Crippen LogP contribution in [0.4, 0.5) is 0 Å². The zero-order valence-electron chi connectivity index (χ0n) is 9.35. The molecule has 1 aliphatic carbocycles. The molecule has 0 aliphatic heterocycles. The molecule has 0 radical (unpaired) electrons. The highest BCUT2D eigenvalue weighted by molar-refractivity contribution is 5.55. The lowest BCUT2D eigenvalue weighted by Crippen LogP contribution is -2.21. The molecule has 0 bridgehead atoms. The summed E-state index contributed by atoms with van der Waals surface area (Å²) >= 11 is 0. The Morgan fingerprint density at radius 3 is 2.56 bits per heavy atom. The summed E-state index contributed by atoms with van der Waals surface area (Å²) in [6.45, 7) is 0.896. The van der Waals surface area contributed by atoms with Crippen molar-refractivity contribution in [3.05, 3.63) is 47.5 Å². The Morgan fingerprint density at radius 2 is 2.00 bits per heavy atom. The summed E-state index contributed by atoms with van der Waals surface area (Å²) in [7, 11) is 1.60. The first-order valence-corrected chi connectivity index (χ1v) is 5.29. The molecule has 0 spiro atoms. The summed E-state index contributed by atoms with van der Waals surface area (Å²) in [4.78, 5) is 0. The standard InChI is InChI=1S/C13H16O3/c1-15-10-16-9-13(7-12(13)8-14)11-5-3-2-4-6-11/h2-7,14H,8-10H2,1H3/t13-/m0/s1. The maximum Gasteiger partial charge on any atom is 0.146 e. The minimum Gasteiger partial charge on any atom is -0.392 e. The monoisotopic (exact) mass is 220 g/mol. The number of ether oxygens (including phenoxy) is 2. The summed E-state index contributed by atoms with van der Waals surface area (Å²) in [5, 5.41) is 9.20. The Morgan fingerprint density at radius 1 is 1.25 bits per heavy atom. The van der Waals surface area contributed by atoms with Gasteiger partial charge in [0.1, 0.15) is 6.79 Å². The molecule has 16 heavy (non-hydrogen) atoms. The molecule has 0 heterocycles. The van der Waals surface area contributed by atoms with Crippen LogP contribution < -0.4 is 0 Å². The molecule has 3 nitrogen and oxygen atoms in total. The summed E-state index contributed by atoms with van der Waals surface area (Å²) in [5.74, 6) is 0. The van der Waals surface area contributed by atoms with E-state index in [1.807, 2.05) is 18.2 Å². The van der Waals surface area contributed by atoms with Crippen molar-refractivity contribution in [2.45, 2.75) is 5.41 Å². The molecule has 1 aromatic carbocycles. The fraction of sp³-hybridized carbons (Fsp3) is 0.385. The SMILES string of the molecule is COCOC[C@]1(c2ccccc2)C=C1CO. The maximum absolute atomic E-state index is 9.20. The largest absolute Gasteiger partial charge is 0.392 e. The van der Waals surface area contributed by atoms with E-state index < -0.39 is 0 Å². The van der Waals surface area contributed by atoms with E-state index in [0.29, 0.717) is 6.61 Å². The van der Waals surface area contributed by atoms with E-state index in [0.717, 1.165) is 11.1 Å². The van der Waals surface area contributed by atoms with E-state index in [9.17, 15) is 5.11 Å². The molecule has 1 N–H and O–H groups in total. The van der Waals surface area contributed by atoms with Crippen LogP contribution in [0.3, 0.4) is 0 Å². The Balaban J connectivity index is 2.07. The first-order valence-electron chi connectivity index (χ1n) is 5.29. The number of methoxy groups -OCH3 is 1. The summed E-state index contributed by atoms with van der Waals surface area (Å²) < 4.78 is 10.3. The molecule has 1 aromatic rings. The molecule has 0 unspecified atom stereocenters. The van der Waals surface area contributed by atoms with E-state index in [1.165, 1.54) is 0 Å². The van der Waals surface area contributed by atoms with Crippen molar-refractivity contribution < 1.29 is 14.6 Å². The van der Waals surface area contributed by atoms with E-state index in [-0.39, 0.29) is 18.8 Å². The molecule has 0 aromatic heterocycles. The predicted molar refractivity (Wildman–Crippen MR) is 61.1 cm³/mol.